The number of hydrogen-bond acceptors (Lipinski definition) is 5. The highest BCUT2D eigenvalue weighted by atomic mass is 16.4. The van der Waals surface area contributed by atoms with E-state index in [1.807, 2.05) is 0 Å². The average Bonchev–Trinajstić information content (AvgIpc) is 2.71. The number of aromatic hydroxyl groups is 1. The monoisotopic (exact) mass is 179 g/mol. The van der Waals surface area contributed by atoms with E-state index in [0.717, 1.165) is 10.9 Å². The Morgan fingerprint density at radius 1 is 1.62 bits per heavy atom. The van der Waals surface area contributed by atoms with Crippen molar-refractivity contribution in [2.24, 2.45) is 0 Å². The van der Waals surface area contributed by atoms with Gasteiger partial charge >= 0.3 is 6.01 Å². The molecule has 6 nitrogen and oxygen atoms in total. The van der Waals surface area contributed by atoms with E-state index < -0.39 is 0 Å². The highest BCUT2D eigenvalue weighted by molar-refractivity contribution is 5.76. The van der Waals surface area contributed by atoms with E-state index in [9.17, 15) is 4.79 Å². The zero-order valence-electron chi connectivity index (χ0n) is 6.41. The molecule has 0 saturated carbocycles. The molecule has 2 rings (SSSR count). The quantitative estimate of drug-likeness (QED) is 0.674. The van der Waals surface area contributed by atoms with Gasteiger partial charge in [0.15, 0.2) is 17.7 Å². The van der Waals surface area contributed by atoms with Gasteiger partial charge in [-0.15, -0.1) is 0 Å². The first-order valence-electron chi connectivity index (χ1n) is 3.45. The Morgan fingerprint density at radius 2 is 2.46 bits per heavy atom. The van der Waals surface area contributed by atoms with E-state index in [-0.39, 0.29) is 17.5 Å². The standard InChI is InChI=1S/C7H5N3O3/c11-4-5-6(12)3-9-10(5)7-8-1-2-13-7/h1-4,12H. The van der Waals surface area contributed by atoms with Crippen LogP contribution in [0.5, 0.6) is 5.75 Å². The van der Waals surface area contributed by atoms with Crippen LogP contribution in [0.3, 0.4) is 0 Å². The van der Waals surface area contributed by atoms with Crippen LogP contribution < -0.4 is 0 Å². The summed E-state index contributed by atoms with van der Waals surface area (Å²) in [5, 5.41) is 12.9. The molecule has 0 unspecified atom stereocenters. The van der Waals surface area contributed by atoms with Gasteiger partial charge in [-0.3, -0.25) is 4.79 Å². The maximum absolute atomic E-state index is 10.5. The lowest BCUT2D eigenvalue weighted by atomic mass is 10.4. The topological polar surface area (TPSA) is 81.1 Å². The molecule has 0 aliphatic carbocycles. The molecule has 0 fully saturated rings. The first kappa shape index (κ1) is 7.53. The fourth-order valence-electron chi connectivity index (χ4n) is 0.933. The zero-order valence-corrected chi connectivity index (χ0v) is 6.41. The molecule has 0 saturated heterocycles. The van der Waals surface area contributed by atoms with Crippen LogP contribution in [0.25, 0.3) is 6.01 Å². The molecule has 0 atom stereocenters. The first-order chi connectivity index (χ1) is 6.33. The van der Waals surface area contributed by atoms with Crippen LogP contribution in [-0.4, -0.2) is 26.2 Å². The van der Waals surface area contributed by atoms with Crippen LogP contribution in [0, 0.1) is 0 Å². The number of oxazole rings is 1. The molecule has 66 valence electrons. The van der Waals surface area contributed by atoms with Crippen LogP contribution in [0.1, 0.15) is 10.5 Å². The van der Waals surface area contributed by atoms with Gasteiger partial charge < -0.3 is 9.52 Å². The summed E-state index contributed by atoms with van der Waals surface area (Å²) in [5.74, 6) is -0.201. The first-order valence-corrected chi connectivity index (χ1v) is 3.45. The SMILES string of the molecule is O=Cc1c(O)cnn1-c1ncco1. The molecule has 0 spiro atoms. The maximum atomic E-state index is 10.5. The summed E-state index contributed by atoms with van der Waals surface area (Å²) in [6.07, 6.45) is 4.39. The van der Waals surface area contributed by atoms with E-state index in [1.165, 1.54) is 12.5 Å². The Bertz CT molecular complexity index is 418. The van der Waals surface area contributed by atoms with E-state index in [4.69, 9.17) is 9.52 Å². The van der Waals surface area contributed by atoms with Crippen molar-refractivity contribution in [2.75, 3.05) is 0 Å². The predicted octanol–water partition coefficient (Wildman–Crippen LogP) is 0.378. The second-order valence-corrected chi connectivity index (χ2v) is 2.26. The minimum absolute atomic E-state index is 0.0162. The van der Waals surface area contributed by atoms with Gasteiger partial charge in [0.05, 0.1) is 12.4 Å². The average molecular weight is 179 g/mol. The molecule has 2 heterocycles. The van der Waals surface area contributed by atoms with Crippen molar-refractivity contribution in [2.45, 2.75) is 0 Å². The molecule has 6 heteroatoms. The third-order valence-electron chi connectivity index (χ3n) is 1.50. The molecule has 0 amide bonds. The third kappa shape index (κ3) is 1.08. The van der Waals surface area contributed by atoms with Crippen LogP contribution in [0.4, 0.5) is 0 Å². The van der Waals surface area contributed by atoms with Crippen LogP contribution in [0.2, 0.25) is 0 Å². The number of nitrogens with zero attached hydrogens (tertiary/aromatic N) is 3. The highest BCUT2D eigenvalue weighted by Gasteiger charge is 2.12. The molecular weight excluding hydrogens is 174 g/mol. The highest BCUT2D eigenvalue weighted by Crippen LogP contribution is 2.16. The van der Waals surface area contributed by atoms with Gasteiger partial charge in [0.1, 0.15) is 6.26 Å². The summed E-state index contributed by atoms with van der Waals surface area (Å²) in [7, 11) is 0. The molecular formula is C7H5N3O3. The minimum Gasteiger partial charge on any atom is -0.504 e. The van der Waals surface area contributed by atoms with Gasteiger partial charge in [-0.1, -0.05) is 0 Å². The molecule has 2 aromatic rings. The Labute approximate surface area is 72.4 Å². The second-order valence-electron chi connectivity index (χ2n) is 2.26. The molecule has 0 bridgehead atoms. The zero-order chi connectivity index (χ0) is 9.26. The summed E-state index contributed by atoms with van der Waals surface area (Å²) in [6, 6.07) is 0.141. The summed E-state index contributed by atoms with van der Waals surface area (Å²) < 4.78 is 6.01. The lowest BCUT2D eigenvalue weighted by Crippen LogP contribution is -2.00. The molecule has 1 N–H and O–H groups in total. The Morgan fingerprint density at radius 3 is 3.08 bits per heavy atom. The molecule has 0 radical (unpaired) electrons. The van der Waals surface area contributed by atoms with Crippen molar-refractivity contribution in [3.8, 4) is 11.8 Å². The fourth-order valence-corrected chi connectivity index (χ4v) is 0.933. The van der Waals surface area contributed by atoms with Crippen molar-refractivity contribution >= 4 is 6.29 Å². The Kier molecular flexibility index (Phi) is 1.59. The maximum Gasteiger partial charge on any atom is 0.323 e. The number of aldehydes is 1. The minimum atomic E-state index is -0.201. The van der Waals surface area contributed by atoms with Gasteiger partial charge in [-0.05, 0) is 0 Å². The Hall–Kier alpha value is -2.11. The molecule has 2 aromatic heterocycles. The second kappa shape index (κ2) is 2.74. The Balaban J connectivity index is 2.58. The van der Waals surface area contributed by atoms with E-state index in [2.05, 4.69) is 10.1 Å². The fraction of sp³-hybridized carbons (Fsp3) is 0. The van der Waals surface area contributed by atoms with E-state index in [1.54, 1.807) is 0 Å². The lowest BCUT2D eigenvalue weighted by Gasteiger charge is -1.94. The van der Waals surface area contributed by atoms with Crippen molar-refractivity contribution in [3.05, 3.63) is 24.4 Å². The summed E-state index contributed by atoms with van der Waals surface area (Å²) in [6.45, 7) is 0. The number of rotatable bonds is 2. The van der Waals surface area contributed by atoms with Crippen molar-refractivity contribution in [3.63, 3.8) is 0 Å². The van der Waals surface area contributed by atoms with Crippen LogP contribution >= 0.6 is 0 Å². The number of carbonyl (C=O) groups is 1. The van der Waals surface area contributed by atoms with Gasteiger partial charge in [-0.25, -0.2) is 4.98 Å². The smallest absolute Gasteiger partial charge is 0.323 e. The van der Waals surface area contributed by atoms with Gasteiger partial charge in [0, 0.05) is 0 Å². The third-order valence-corrected chi connectivity index (χ3v) is 1.50. The van der Waals surface area contributed by atoms with E-state index in [0.29, 0.717) is 6.29 Å². The molecule has 0 aromatic carbocycles. The van der Waals surface area contributed by atoms with Crippen LogP contribution in [-0.2, 0) is 0 Å². The van der Waals surface area contributed by atoms with Crippen molar-refractivity contribution < 1.29 is 14.3 Å². The van der Waals surface area contributed by atoms with Crippen molar-refractivity contribution in [1.29, 1.82) is 0 Å². The molecule has 0 aliphatic heterocycles. The predicted molar refractivity (Wildman–Crippen MR) is 40.7 cm³/mol. The number of aromatic nitrogens is 3. The summed E-state index contributed by atoms with van der Waals surface area (Å²) >= 11 is 0. The number of carbonyl (C=O) groups excluding carboxylic acids is 1. The van der Waals surface area contributed by atoms with E-state index >= 15 is 0 Å². The summed E-state index contributed by atoms with van der Waals surface area (Å²) in [5.41, 5.74) is 0.0162. The van der Waals surface area contributed by atoms with Gasteiger partial charge in [0.2, 0.25) is 0 Å². The van der Waals surface area contributed by atoms with Crippen LogP contribution in [0.15, 0.2) is 23.1 Å². The van der Waals surface area contributed by atoms with Gasteiger partial charge in [-0.2, -0.15) is 9.78 Å². The summed E-state index contributed by atoms with van der Waals surface area (Å²) in [4.78, 5) is 14.3. The molecule has 0 aliphatic rings. The lowest BCUT2D eigenvalue weighted by molar-refractivity contribution is 0.111. The largest absolute Gasteiger partial charge is 0.504 e. The normalized spacial score (nSPS) is 10.2. The number of hydrogen-bond donors (Lipinski definition) is 1. The van der Waals surface area contributed by atoms with Crippen molar-refractivity contribution in [1.82, 2.24) is 14.8 Å². The molecule has 13 heavy (non-hydrogen) atoms. The van der Waals surface area contributed by atoms with Gasteiger partial charge in [0.25, 0.3) is 0 Å².